The first-order valence-corrected chi connectivity index (χ1v) is 8.17. The average molecular weight is 379 g/mol. The second-order valence-electron chi connectivity index (χ2n) is 5.41. The summed E-state index contributed by atoms with van der Waals surface area (Å²) < 4.78 is 0. The lowest BCUT2D eigenvalue weighted by Crippen LogP contribution is -2.36. The summed E-state index contributed by atoms with van der Waals surface area (Å²) in [6, 6.07) is 11.2. The van der Waals surface area contributed by atoms with Gasteiger partial charge in [-0.3, -0.25) is 14.4 Å². The zero-order valence-electron chi connectivity index (χ0n) is 13.7. The number of rotatable bonds is 5. The van der Waals surface area contributed by atoms with E-state index in [2.05, 4.69) is 5.32 Å². The SMILES string of the molecule is CC(=O)c1ccc(N(CC(=O)Nc2cc(Cl)cc(Cl)c2)C(C)=O)cc1. The largest absolute Gasteiger partial charge is 0.324 e. The van der Waals surface area contributed by atoms with Gasteiger partial charge in [0.05, 0.1) is 0 Å². The van der Waals surface area contributed by atoms with Crippen molar-refractivity contribution in [3.05, 3.63) is 58.1 Å². The zero-order chi connectivity index (χ0) is 18.6. The Morgan fingerprint density at radius 1 is 0.960 bits per heavy atom. The number of ketones is 1. The monoisotopic (exact) mass is 378 g/mol. The number of Topliss-reactive ketones (excluding diaryl/α,β-unsaturated/α-hetero) is 1. The maximum absolute atomic E-state index is 12.3. The molecular weight excluding hydrogens is 363 g/mol. The Morgan fingerprint density at radius 2 is 1.52 bits per heavy atom. The van der Waals surface area contributed by atoms with Gasteiger partial charge in [0.1, 0.15) is 6.54 Å². The van der Waals surface area contributed by atoms with E-state index in [1.807, 2.05) is 0 Å². The van der Waals surface area contributed by atoms with E-state index in [0.717, 1.165) is 0 Å². The van der Waals surface area contributed by atoms with Crippen molar-refractivity contribution in [2.75, 3.05) is 16.8 Å². The zero-order valence-corrected chi connectivity index (χ0v) is 15.2. The summed E-state index contributed by atoms with van der Waals surface area (Å²) in [5, 5.41) is 3.44. The lowest BCUT2D eigenvalue weighted by molar-refractivity contribution is -0.120. The van der Waals surface area contributed by atoms with Gasteiger partial charge in [-0.25, -0.2) is 0 Å². The van der Waals surface area contributed by atoms with Gasteiger partial charge in [0.2, 0.25) is 11.8 Å². The highest BCUT2D eigenvalue weighted by molar-refractivity contribution is 6.35. The summed E-state index contributed by atoms with van der Waals surface area (Å²) in [6.45, 7) is 2.64. The summed E-state index contributed by atoms with van der Waals surface area (Å²) in [7, 11) is 0. The average Bonchev–Trinajstić information content (AvgIpc) is 2.51. The van der Waals surface area contributed by atoms with Crippen LogP contribution in [0, 0.1) is 0 Å². The van der Waals surface area contributed by atoms with E-state index in [-0.39, 0.29) is 18.2 Å². The fourth-order valence-electron chi connectivity index (χ4n) is 2.23. The van der Waals surface area contributed by atoms with Crippen LogP contribution in [0.25, 0.3) is 0 Å². The fourth-order valence-corrected chi connectivity index (χ4v) is 2.76. The molecule has 0 radical (unpaired) electrons. The molecule has 2 aromatic carbocycles. The second kappa shape index (κ2) is 8.14. The standard InChI is InChI=1S/C18H16Cl2N2O3/c1-11(23)13-3-5-17(6-4-13)22(12(2)24)10-18(25)21-16-8-14(19)7-15(20)9-16/h3-9H,10H2,1-2H3,(H,21,25). The van der Waals surface area contributed by atoms with Crippen LogP contribution >= 0.6 is 23.2 Å². The van der Waals surface area contributed by atoms with Gasteiger partial charge in [0, 0.05) is 33.9 Å². The molecule has 25 heavy (non-hydrogen) atoms. The van der Waals surface area contributed by atoms with Crippen LogP contribution in [-0.4, -0.2) is 24.1 Å². The lowest BCUT2D eigenvalue weighted by Gasteiger charge is -2.21. The molecule has 0 saturated carbocycles. The highest BCUT2D eigenvalue weighted by Gasteiger charge is 2.16. The van der Waals surface area contributed by atoms with Crippen molar-refractivity contribution in [3.8, 4) is 0 Å². The molecule has 1 N–H and O–H groups in total. The maximum atomic E-state index is 12.3. The van der Waals surface area contributed by atoms with Crippen LogP contribution in [0.15, 0.2) is 42.5 Å². The molecule has 2 rings (SSSR count). The minimum absolute atomic E-state index is 0.0727. The number of anilines is 2. The van der Waals surface area contributed by atoms with Crippen LogP contribution in [0.1, 0.15) is 24.2 Å². The summed E-state index contributed by atoms with van der Waals surface area (Å²) in [5.74, 6) is -0.768. The van der Waals surface area contributed by atoms with E-state index in [1.54, 1.807) is 42.5 Å². The van der Waals surface area contributed by atoms with Gasteiger partial charge in [-0.1, -0.05) is 23.2 Å². The van der Waals surface area contributed by atoms with Crippen molar-refractivity contribution in [1.29, 1.82) is 0 Å². The molecule has 5 nitrogen and oxygen atoms in total. The first-order valence-electron chi connectivity index (χ1n) is 7.41. The summed E-state index contributed by atoms with van der Waals surface area (Å²) in [4.78, 5) is 36.8. The summed E-state index contributed by atoms with van der Waals surface area (Å²) in [6.07, 6.45) is 0. The molecule has 0 fully saturated rings. The predicted octanol–water partition coefficient (Wildman–Crippen LogP) is 4.19. The van der Waals surface area contributed by atoms with Crippen molar-refractivity contribution >= 4 is 52.2 Å². The number of halogens is 2. The molecule has 0 aliphatic rings. The Hall–Kier alpha value is -2.37. The Bertz CT molecular complexity index is 799. The van der Waals surface area contributed by atoms with Crippen molar-refractivity contribution in [2.24, 2.45) is 0 Å². The van der Waals surface area contributed by atoms with Crippen molar-refractivity contribution < 1.29 is 14.4 Å². The Labute approximate surface area is 155 Å². The highest BCUT2D eigenvalue weighted by atomic mass is 35.5. The molecule has 0 unspecified atom stereocenters. The van der Waals surface area contributed by atoms with Crippen molar-refractivity contribution in [2.45, 2.75) is 13.8 Å². The first-order chi connectivity index (χ1) is 11.8. The van der Waals surface area contributed by atoms with Crippen molar-refractivity contribution in [1.82, 2.24) is 0 Å². The van der Waals surface area contributed by atoms with Crippen molar-refractivity contribution in [3.63, 3.8) is 0 Å². The number of carbonyl (C=O) groups is 3. The van der Waals surface area contributed by atoms with Crippen LogP contribution in [-0.2, 0) is 9.59 Å². The molecule has 7 heteroatoms. The molecule has 0 aromatic heterocycles. The van der Waals surface area contributed by atoms with Gasteiger partial charge in [-0.2, -0.15) is 0 Å². The van der Waals surface area contributed by atoms with E-state index >= 15 is 0 Å². The van der Waals surface area contributed by atoms with E-state index < -0.39 is 5.91 Å². The number of benzene rings is 2. The summed E-state index contributed by atoms with van der Waals surface area (Å²) in [5.41, 5.74) is 1.50. The van der Waals surface area contributed by atoms with Crippen LogP contribution in [0.4, 0.5) is 11.4 Å². The molecule has 2 amide bonds. The first kappa shape index (κ1) is 19.0. The van der Waals surface area contributed by atoms with Crippen LogP contribution < -0.4 is 10.2 Å². The van der Waals surface area contributed by atoms with Crippen LogP contribution in [0.3, 0.4) is 0 Å². The molecule has 0 aliphatic carbocycles. The minimum atomic E-state index is -0.399. The van der Waals surface area contributed by atoms with E-state index in [0.29, 0.717) is 27.0 Å². The molecule has 0 heterocycles. The lowest BCUT2D eigenvalue weighted by atomic mass is 10.1. The normalized spacial score (nSPS) is 10.2. The molecule has 0 atom stereocenters. The van der Waals surface area contributed by atoms with Gasteiger partial charge in [-0.05, 0) is 49.4 Å². The Balaban J connectivity index is 2.14. The fraction of sp³-hybridized carbons (Fsp3) is 0.167. The quantitative estimate of drug-likeness (QED) is 0.793. The third kappa shape index (κ3) is 5.31. The third-order valence-corrected chi connectivity index (χ3v) is 3.85. The molecule has 0 bridgehead atoms. The van der Waals surface area contributed by atoms with E-state index in [4.69, 9.17) is 23.2 Å². The van der Waals surface area contributed by atoms with Gasteiger partial charge in [0.25, 0.3) is 0 Å². The molecule has 0 spiro atoms. The molecule has 130 valence electrons. The van der Waals surface area contributed by atoms with Gasteiger partial charge < -0.3 is 10.2 Å². The highest BCUT2D eigenvalue weighted by Crippen LogP contribution is 2.22. The molecule has 0 saturated heterocycles. The number of carbonyl (C=O) groups excluding carboxylic acids is 3. The molecule has 2 aromatic rings. The smallest absolute Gasteiger partial charge is 0.244 e. The van der Waals surface area contributed by atoms with Gasteiger partial charge >= 0.3 is 0 Å². The van der Waals surface area contributed by atoms with Gasteiger partial charge in [-0.15, -0.1) is 0 Å². The van der Waals surface area contributed by atoms with E-state index in [9.17, 15) is 14.4 Å². The number of nitrogens with zero attached hydrogens (tertiary/aromatic N) is 1. The second-order valence-corrected chi connectivity index (χ2v) is 6.29. The maximum Gasteiger partial charge on any atom is 0.244 e. The van der Waals surface area contributed by atoms with E-state index in [1.165, 1.54) is 18.7 Å². The molecule has 0 aliphatic heterocycles. The number of nitrogens with one attached hydrogen (secondary N) is 1. The minimum Gasteiger partial charge on any atom is -0.324 e. The number of amides is 2. The van der Waals surface area contributed by atoms with Gasteiger partial charge in [0.15, 0.2) is 5.78 Å². The Morgan fingerprint density at radius 3 is 2.00 bits per heavy atom. The van der Waals surface area contributed by atoms with Crippen LogP contribution in [0.5, 0.6) is 0 Å². The van der Waals surface area contributed by atoms with Crippen LogP contribution in [0.2, 0.25) is 10.0 Å². The predicted molar refractivity (Wildman–Crippen MR) is 99.6 cm³/mol. The number of hydrogen-bond acceptors (Lipinski definition) is 3. The third-order valence-electron chi connectivity index (χ3n) is 3.41. The number of hydrogen-bond donors (Lipinski definition) is 1. The summed E-state index contributed by atoms with van der Waals surface area (Å²) >= 11 is 11.8. The Kier molecular flexibility index (Phi) is 6.17. The molecular formula is C18H16Cl2N2O3. The topological polar surface area (TPSA) is 66.5 Å².